The van der Waals surface area contributed by atoms with Crippen LogP contribution in [0.1, 0.15) is 59.3 Å². The normalized spacial score (nSPS) is 11.9. The largest absolute Gasteiger partial charge is 0.109 e. The summed E-state index contributed by atoms with van der Waals surface area (Å²) in [6.07, 6.45) is 8.30. The summed E-state index contributed by atoms with van der Waals surface area (Å²) in [6, 6.07) is 0. The minimum atomic E-state index is 0.603. The fraction of sp³-hybridized carbons (Fsp3) is 1.00. The molecule has 0 aliphatic rings. The molecule has 0 aromatic rings. The highest BCUT2D eigenvalue weighted by Crippen LogP contribution is 2.33. The lowest BCUT2D eigenvalue weighted by Crippen LogP contribution is -2.07. The smallest absolute Gasteiger partial charge is 0.0669 e. The van der Waals surface area contributed by atoms with E-state index in [1.165, 1.54) is 38.5 Å². The molecule has 0 heterocycles. The van der Waals surface area contributed by atoms with Crippen LogP contribution in [0.2, 0.25) is 5.31 Å². The summed E-state index contributed by atoms with van der Waals surface area (Å²) in [4.78, 5) is 0. The molecule has 11 heavy (non-hydrogen) atoms. The van der Waals surface area contributed by atoms with Crippen LogP contribution in [0.3, 0.4) is 0 Å². The van der Waals surface area contributed by atoms with Gasteiger partial charge in [-0.1, -0.05) is 64.6 Å². The summed E-state index contributed by atoms with van der Waals surface area (Å²) in [6.45, 7) is 6.95. The Bertz CT molecular complexity index is 76.9. The molecule has 1 heteroatoms. The molecule has 0 amide bonds. The maximum atomic E-state index is 2.40. The van der Waals surface area contributed by atoms with Crippen molar-refractivity contribution in [3.05, 3.63) is 0 Å². The van der Waals surface area contributed by atoms with Gasteiger partial charge in [-0.15, -0.1) is 0 Å². The van der Waals surface area contributed by atoms with Gasteiger partial charge in [-0.3, -0.25) is 0 Å². The van der Waals surface area contributed by atoms with Gasteiger partial charge >= 0.3 is 0 Å². The first-order valence-corrected chi connectivity index (χ1v) is 5.12. The third kappa shape index (κ3) is 6.46. The molecular weight excluding hydrogens is 131 g/mol. The van der Waals surface area contributed by atoms with E-state index in [9.17, 15) is 0 Å². The summed E-state index contributed by atoms with van der Waals surface area (Å²) >= 11 is 0. The van der Waals surface area contributed by atoms with Crippen molar-refractivity contribution in [3.63, 3.8) is 0 Å². The first kappa shape index (κ1) is 11.1. The molecule has 0 nitrogen and oxygen atoms in total. The minimum Gasteiger partial charge on any atom is -0.0669 e. The van der Waals surface area contributed by atoms with Gasteiger partial charge in [0.25, 0.3) is 0 Å². The lowest BCUT2D eigenvalue weighted by atomic mass is 9.64. The van der Waals surface area contributed by atoms with E-state index in [2.05, 4.69) is 28.6 Å². The molecule has 66 valence electrons. The van der Waals surface area contributed by atoms with E-state index < -0.39 is 0 Å². The molecule has 0 N–H and O–H groups in total. The van der Waals surface area contributed by atoms with E-state index in [1.54, 1.807) is 0 Å². The van der Waals surface area contributed by atoms with Crippen molar-refractivity contribution >= 4 is 7.85 Å². The van der Waals surface area contributed by atoms with Gasteiger partial charge in [0.15, 0.2) is 0 Å². The zero-order valence-electron chi connectivity index (χ0n) is 8.74. The zero-order valence-corrected chi connectivity index (χ0v) is 8.74. The molecule has 0 unspecified atom stereocenters. The SMILES string of the molecule is BC(C)(CCCC)CCCC. The van der Waals surface area contributed by atoms with Crippen LogP contribution in [-0.2, 0) is 0 Å². The van der Waals surface area contributed by atoms with E-state index >= 15 is 0 Å². The molecule has 0 saturated heterocycles. The Hall–Kier alpha value is 0.0649. The predicted molar refractivity (Wildman–Crippen MR) is 56.0 cm³/mol. The average molecular weight is 154 g/mol. The number of hydrogen-bond acceptors (Lipinski definition) is 0. The van der Waals surface area contributed by atoms with Crippen molar-refractivity contribution in [1.29, 1.82) is 0 Å². The molecule has 0 spiro atoms. The lowest BCUT2D eigenvalue weighted by Gasteiger charge is -2.23. The molecule has 0 aromatic heterocycles. The van der Waals surface area contributed by atoms with Crippen molar-refractivity contribution < 1.29 is 0 Å². The van der Waals surface area contributed by atoms with Crippen LogP contribution < -0.4 is 0 Å². The quantitative estimate of drug-likeness (QED) is 0.515. The van der Waals surface area contributed by atoms with Crippen LogP contribution in [0.4, 0.5) is 0 Å². The van der Waals surface area contributed by atoms with Crippen LogP contribution in [0.25, 0.3) is 0 Å². The summed E-state index contributed by atoms with van der Waals surface area (Å²) in [5, 5.41) is 0.603. The molecular formula is C10H23B. The third-order valence-corrected chi connectivity index (χ3v) is 2.41. The summed E-state index contributed by atoms with van der Waals surface area (Å²) in [7, 11) is 2.40. The minimum absolute atomic E-state index is 0.603. The summed E-state index contributed by atoms with van der Waals surface area (Å²) in [5.41, 5.74) is 0. The Morgan fingerprint density at radius 1 is 1.00 bits per heavy atom. The second kappa shape index (κ2) is 5.68. The highest BCUT2D eigenvalue weighted by atomic mass is 14.1. The van der Waals surface area contributed by atoms with Crippen molar-refractivity contribution in [2.24, 2.45) is 0 Å². The topological polar surface area (TPSA) is 0 Å². The molecule has 0 aromatic carbocycles. The van der Waals surface area contributed by atoms with Crippen LogP contribution in [0.5, 0.6) is 0 Å². The Morgan fingerprint density at radius 2 is 1.36 bits per heavy atom. The van der Waals surface area contributed by atoms with Gasteiger partial charge in [0.05, 0.1) is 0 Å². The van der Waals surface area contributed by atoms with E-state index in [0.717, 1.165) is 0 Å². The van der Waals surface area contributed by atoms with Gasteiger partial charge in [0.1, 0.15) is 7.85 Å². The van der Waals surface area contributed by atoms with E-state index in [4.69, 9.17) is 0 Å². The molecule has 0 aliphatic carbocycles. The Balaban J connectivity index is 3.43. The Kier molecular flexibility index (Phi) is 5.72. The van der Waals surface area contributed by atoms with Crippen LogP contribution >= 0.6 is 0 Å². The van der Waals surface area contributed by atoms with Gasteiger partial charge in [-0.2, -0.15) is 0 Å². The molecule has 0 atom stereocenters. The van der Waals surface area contributed by atoms with Gasteiger partial charge in [0.2, 0.25) is 0 Å². The van der Waals surface area contributed by atoms with Gasteiger partial charge in [0, 0.05) is 0 Å². The number of rotatable bonds is 6. The van der Waals surface area contributed by atoms with Gasteiger partial charge in [-0.25, -0.2) is 0 Å². The van der Waals surface area contributed by atoms with Crippen LogP contribution in [0, 0.1) is 0 Å². The molecule has 0 saturated carbocycles. The van der Waals surface area contributed by atoms with Crippen LogP contribution in [-0.4, -0.2) is 7.85 Å². The first-order valence-electron chi connectivity index (χ1n) is 5.12. The van der Waals surface area contributed by atoms with Crippen molar-refractivity contribution in [3.8, 4) is 0 Å². The number of unbranched alkanes of at least 4 members (excludes halogenated alkanes) is 2. The maximum Gasteiger partial charge on any atom is 0.109 e. The standard InChI is InChI=1S/C10H23B/c1-4-6-8-10(3,11)9-7-5-2/h4-9,11H2,1-3H3. The predicted octanol–water partition coefficient (Wildman–Crippen LogP) is 3.18. The molecule has 0 bridgehead atoms. The Labute approximate surface area is 73.2 Å². The summed E-state index contributed by atoms with van der Waals surface area (Å²) < 4.78 is 0. The zero-order chi connectivity index (χ0) is 8.74. The van der Waals surface area contributed by atoms with E-state index in [1.807, 2.05) is 0 Å². The fourth-order valence-corrected chi connectivity index (χ4v) is 1.44. The highest BCUT2D eigenvalue weighted by Gasteiger charge is 2.15. The number of hydrogen-bond donors (Lipinski definition) is 0. The van der Waals surface area contributed by atoms with E-state index in [-0.39, 0.29) is 0 Å². The second-order valence-corrected chi connectivity index (χ2v) is 4.37. The van der Waals surface area contributed by atoms with Crippen molar-refractivity contribution in [2.45, 2.75) is 64.6 Å². The molecule has 0 fully saturated rings. The molecule has 0 radical (unpaired) electrons. The fourth-order valence-electron chi connectivity index (χ4n) is 1.44. The molecule has 0 rings (SSSR count). The second-order valence-electron chi connectivity index (χ2n) is 4.37. The monoisotopic (exact) mass is 154 g/mol. The highest BCUT2D eigenvalue weighted by molar-refractivity contribution is 6.14. The van der Waals surface area contributed by atoms with Crippen molar-refractivity contribution in [1.82, 2.24) is 0 Å². The van der Waals surface area contributed by atoms with Crippen LogP contribution in [0.15, 0.2) is 0 Å². The van der Waals surface area contributed by atoms with E-state index in [0.29, 0.717) is 5.31 Å². The van der Waals surface area contributed by atoms with Crippen molar-refractivity contribution in [2.75, 3.05) is 0 Å². The van der Waals surface area contributed by atoms with Gasteiger partial charge in [-0.05, 0) is 0 Å². The maximum absolute atomic E-state index is 2.40. The summed E-state index contributed by atoms with van der Waals surface area (Å²) in [5.74, 6) is 0. The third-order valence-electron chi connectivity index (χ3n) is 2.41. The average Bonchev–Trinajstić information content (AvgIpc) is 1.97. The Morgan fingerprint density at radius 3 is 1.64 bits per heavy atom. The first-order chi connectivity index (χ1) is 5.12. The van der Waals surface area contributed by atoms with Gasteiger partial charge < -0.3 is 0 Å². The lowest BCUT2D eigenvalue weighted by molar-refractivity contribution is 0.476. The molecule has 0 aliphatic heterocycles.